The standard InChI is InChI=1S/C16H24N2O2S/c1-17-16(21)18(13-6-4-5-7-13)11-12-8-9-14(19-2)10-15(12)20-3/h8-10,13H,4-7,11H2,1-3H3,(H,17,21). The molecule has 4 nitrogen and oxygen atoms in total. The minimum atomic E-state index is 0.525. The number of methoxy groups -OCH3 is 2. The van der Waals surface area contributed by atoms with Crippen LogP contribution in [0.4, 0.5) is 0 Å². The molecular weight excluding hydrogens is 284 g/mol. The molecule has 1 saturated carbocycles. The maximum absolute atomic E-state index is 5.49. The van der Waals surface area contributed by atoms with Crippen LogP contribution in [0.2, 0.25) is 0 Å². The van der Waals surface area contributed by atoms with Gasteiger partial charge < -0.3 is 19.7 Å². The van der Waals surface area contributed by atoms with E-state index in [-0.39, 0.29) is 0 Å². The summed E-state index contributed by atoms with van der Waals surface area (Å²) in [5.74, 6) is 1.65. The first-order valence-corrected chi connectivity index (χ1v) is 7.79. The summed E-state index contributed by atoms with van der Waals surface area (Å²) in [6, 6.07) is 6.46. The number of thiocarbonyl (C=S) groups is 1. The number of hydrogen-bond donors (Lipinski definition) is 1. The molecule has 0 amide bonds. The lowest BCUT2D eigenvalue weighted by atomic mass is 10.1. The van der Waals surface area contributed by atoms with Gasteiger partial charge in [-0.3, -0.25) is 0 Å². The van der Waals surface area contributed by atoms with Gasteiger partial charge in [0.2, 0.25) is 0 Å². The van der Waals surface area contributed by atoms with Crippen LogP contribution in [-0.4, -0.2) is 37.3 Å². The van der Waals surface area contributed by atoms with Crippen LogP contribution in [0.5, 0.6) is 11.5 Å². The Hall–Kier alpha value is -1.49. The number of ether oxygens (including phenoxy) is 2. The molecule has 1 aliphatic rings. The van der Waals surface area contributed by atoms with Crippen molar-refractivity contribution in [2.45, 2.75) is 38.3 Å². The Balaban J connectivity index is 2.21. The van der Waals surface area contributed by atoms with Crippen molar-refractivity contribution in [1.82, 2.24) is 10.2 Å². The van der Waals surface area contributed by atoms with Crippen LogP contribution in [0.25, 0.3) is 0 Å². The van der Waals surface area contributed by atoms with E-state index >= 15 is 0 Å². The third kappa shape index (κ3) is 3.79. The van der Waals surface area contributed by atoms with Crippen molar-refractivity contribution in [3.05, 3.63) is 23.8 Å². The summed E-state index contributed by atoms with van der Waals surface area (Å²) in [7, 11) is 5.24. The van der Waals surface area contributed by atoms with E-state index in [2.05, 4.69) is 16.3 Å². The molecule has 1 N–H and O–H groups in total. The van der Waals surface area contributed by atoms with Gasteiger partial charge in [0.1, 0.15) is 11.5 Å². The monoisotopic (exact) mass is 308 g/mol. The van der Waals surface area contributed by atoms with Crippen molar-refractivity contribution in [3.8, 4) is 11.5 Å². The van der Waals surface area contributed by atoms with Crippen molar-refractivity contribution in [3.63, 3.8) is 0 Å². The molecular formula is C16H24N2O2S. The van der Waals surface area contributed by atoms with Gasteiger partial charge in [0.25, 0.3) is 0 Å². The normalized spacial score (nSPS) is 14.8. The maximum Gasteiger partial charge on any atom is 0.169 e. The van der Waals surface area contributed by atoms with E-state index < -0.39 is 0 Å². The first-order valence-electron chi connectivity index (χ1n) is 7.38. The van der Waals surface area contributed by atoms with Crippen LogP contribution in [0, 0.1) is 0 Å². The molecule has 0 atom stereocenters. The van der Waals surface area contributed by atoms with Crippen molar-refractivity contribution < 1.29 is 9.47 Å². The van der Waals surface area contributed by atoms with Crippen LogP contribution < -0.4 is 14.8 Å². The highest BCUT2D eigenvalue weighted by Crippen LogP contribution is 2.29. The molecule has 1 aliphatic carbocycles. The highest BCUT2D eigenvalue weighted by atomic mass is 32.1. The Morgan fingerprint density at radius 2 is 2.00 bits per heavy atom. The zero-order chi connectivity index (χ0) is 15.2. The third-order valence-electron chi connectivity index (χ3n) is 4.08. The maximum atomic E-state index is 5.49. The zero-order valence-corrected chi connectivity index (χ0v) is 13.8. The number of benzene rings is 1. The van der Waals surface area contributed by atoms with Gasteiger partial charge in [0.15, 0.2) is 5.11 Å². The number of nitrogens with one attached hydrogen (secondary N) is 1. The van der Waals surface area contributed by atoms with E-state index in [9.17, 15) is 0 Å². The predicted octanol–water partition coefficient (Wildman–Crippen LogP) is 2.95. The van der Waals surface area contributed by atoms with Crippen LogP contribution in [-0.2, 0) is 6.54 Å². The summed E-state index contributed by atoms with van der Waals surface area (Å²) in [5, 5.41) is 3.92. The Morgan fingerprint density at radius 3 is 2.57 bits per heavy atom. The Labute approximate surface area is 132 Å². The molecule has 116 valence electrons. The van der Waals surface area contributed by atoms with Crippen molar-refractivity contribution in [1.29, 1.82) is 0 Å². The fraction of sp³-hybridized carbons (Fsp3) is 0.562. The van der Waals surface area contributed by atoms with Gasteiger partial charge in [0, 0.05) is 31.3 Å². The molecule has 1 aromatic rings. The summed E-state index contributed by atoms with van der Waals surface area (Å²) in [5.41, 5.74) is 1.13. The second-order valence-electron chi connectivity index (χ2n) is 5.30. The lowest BCUT2D eigenvalue weighted by Gasteiger charge is -2.31. The average Bonchev–Trinajstić information content (AvgIpc) is 3.05. The smallest absolute Gasteiger partial charge is 0.169 e. The number of nitrogens with zero attached hydrogens (tertiary/aromatic N) is 1. The minimum Gasteiger partial charge on any atom is -0.497 e. The molecule has 0 radical (unpaired) electrons. The van der Waals surface area contributed by atoms with Crippen LogP contribution in [0.1, 0.15) is 31.2 Å². The summed E-state index contributed by atoms with van der Waals surface area (Å²) in [6.07, 6.45) is 4.99. The Morgan fingerprint density at radius 1 is 1.29 bits per heavy atom. The van der Waals surface area contributed by atoms with Gasteiger partial charge in [-0.25, -0.2) is 0 Å². The molecule has 0 bridgehead atoms. The van der Waals surface area contributed by atoms with Crippen LogP contribution >= 0.6 is 12.2 Å². The predicted molar refractivity (Wildman–Crippen MR) is 89.0 cm³/mol. The molecule has 0 saturated heterocycles. The summed E-state index contributed by atoms with van der Waals surface area (Å²) in [6.45, 7) is 0.761. The molecule has 0 aliphatic heterocycles. The lowest BCUT2D eigenvalue weighted by Crippen LogP contribution is -2.43. The molecule has 21 heavy (non-hydrogen) atoms. The summed E-state index contributed by atoms with van der Waals surface area (Å²) in [4.78, 5) is 2.28. The van der Waals surface area contributed by atoms with E-state index in [1.54, 1.807) is 14.2 Å². The van der Waals surface area contributed by atoms with Gasteiger partial charge >= 0.3 is 0 Å². The lowest BCUT2D eigenvalue weighted by molar-refractivity contribution is 0.298. The quantitative estimate of drug-likeness (QED) is 0.846. The molecule has 1 aromatic carbocycles. The fourth-order valence-corrected chi connectivity index (χ4v) is 3.11. The highest BCUT2D eigenvalue weighted by Gasteiger charge is 2.25. The Kier molecular flexibility index (Phi) is 5.67. The van der Waals surface area contributed by atoms with E-state index in [0.29, 0.717) is 6.04 Å². The molecule has 5 heteroatoms. The van der Waals surface area contributed by atoms with Crippen molar-refractivity contribution >= 4 is 17.3 Å². The van der Waals surface area contributed by atoms with Crippen LogP contribution in [0.3, 0.4) is 0 Å². The van der Waals surface area contributed by atoms with Gasteiger partial charge in [0.05, 0.1) is 14.2 Å². The number of hydrogen-bond acceptors (Lipinski definition) is 3. The summed E-state index contributed by atoms with van der Waals surface area (Å²) >= 11 is 5.49. The molecule has 2 rings (SSSR count). The minimum absolute atomic E-state index is 0.525. The van der Waals surface area contributed by atoms with E-state index in [4.69, 9.17) is 21.7 Å². The Bertz CT molecular complexity index is 487. The second-order valence-corrected chi connectivity index (χ2v) is 5.69. The molecule has 0 spiro atoms. The van der Waals surface area contributed by atoms with Crippen molar-refractivity contribution in [2.75, 3.05) is 21.3 Å². The molecule has 1 fully saturated rings. The fourth-order valence-electron chi connectivity index (χ4n) is 2.89. The third-order valence-corrected chi connectivity index (χ3v) is 4.51. The highest BCUT2D eigenvalue weighted by molar-refractivity contribution is 7.80. The first-order chi connectivity index (χ1) is 10.2. The van der Waals surface area contributed by atoms with Gasteiger partial charge in [-0.2, -0.15) is 0 Å². The molecule has 0 heterocycles. The molecule has 0 aromatic heterocycles. The van der Waals surface area contributed by atoms with Crippen LogP contribution in [0.15, 0.2) is 18.2 Å². The van der Waals surface area contributed by atoms with E-state index in [1.165, 1.54) is 25.7 Å². The zero-order valence-electron chi connectivity index (χ0n) is 13.0. The van der Waals surface area contributed by atoms with Gasteiger partial charge in [-0.05, 0) is 37.2 Å². The van der Waals surface area contributed by atoms with Gasteiger partial charge in [-0.15, -0.1) is 0 Å². The first kappa shape index (κ1) is 15.9. The average molecular weight is 308 g/mol. The van der Waals surface area contributed by atoms with Gasteiger partial charge in [-0.1, -0.05) is 12.8 Å². The topological polar surface area (TPSA) is 33.7 Å². The van der Waals surface area contributed by atoms with E-state index in [0.717, 1.165) is 28.7 Å². The molecule has 0 unspecified atom stereocenters. The van der Waals surface area contributed by atoms with E-state index in [1.807, 2.05) is 19.2 Å². The summed E-state index contributed by atoms with van der Waals surface area (Å²) < 4.78 is 10.7. The largest absolute Gasteiger partial charge is 0.497 e. The second kappa shape index (κ2) is 7.50. The number of rotatable bonds is 5. The van der Waals surface area contributed by atoms with Crippen molar-refractivity contribution in [2.24, 2.45) is 0 Å². The SMILES string of the molecule is CNC(=S)N(Cc1ccc(OC)cc1OC)C1CCCC1.